The summed E-state index contributed by atoms with van der Waals surface area (Å²) < 4.78 is 5.34. The van der Waals surface area contributed by atoms with Gasteiger partial charge in [0.2, 0.25) is 0 Å². The first-order valence-electron chi connectivity index (χ1n) is 7.55. The van der Waals surface area contributed by atoms with Crippen molar-refractivity contribution in [1.29, 1.82) is 0 Å². The maximum atomic E-state index is 8.72. The molecule has 1 unspecified atom stereocenters. The maximum absolute atomic E-state index is 8.72. The molecule has 0 aliphatic heterocycles. The number of aliphatic hydroxyl groups excluding tert-OH is 1. The molecular formula is C17H24N2O2S. The fourth-order valence-electron chi connectivity index (χ4n) is 2.27. The van der Waals surface area contributed by atoms with Crippen LogP contribution < -0.4 is 0 Å². The fraction of sp³-hybridized carbons (Fsp3) is 0.471. The van der Waals surface area contributed by atoms with Gasteiger partial charge in [-0.2, -0.15) is 0 Å². The van der Waals surface area contributed by atoms with Crippen LogP contribution in [0.3, 0.4) is 0 Å². The zero-order valence-electron chi connectivity index (χ0n) is 13.5. The van der Waals surface area contributed by atoms with Crippen LogP contribution in [0.2, 0.25) is 0 Å². The predicted octanol–water partition coefficient (Wildman–Crippen LogP) is 3.12. The number of aliphatic hydroxyl groups is 1. The Bertz CT molecular complexity index is 571. The van der Waals surface area contributed by atoms with E-state index in [9.17, 15) is 0 Å². The number of rotatable bonds is 8. The summed E-state index contributed by atoms with van der Waals surface area (Å²) in [5.74, 6) is 0. The largest absolute Gasteiger partial charge is 0.394 e. The number of thiazole rings is 1. The van der Waals surface area contributed by atoms with Crippen molar-refractivity contribution in [2.24, 2.45) is 0 Å². The Hall–Kier alpha value is -1.27. The van der Waals surface area contributed by atoms with E-state index in [1.807, 2.05) is 18.2 Å². The first-order valence-corrected chi connectivity index (χ1v) is 8.36. The Balaban J connectivity index is 2.04. The van der Waals surface area contributed by atoms with Crippen LogP contribution >= 0.6 is 11.3 Å². The molecule has 0 aliphatic rings. The molecule has 1 N–H and O–H groups in total. The van der Waals surface area contributed by atoms with Crippen molar-refractivity contribution >= 4 is 11.3 Å². The van der Waals surface area contributed by atoms with Gasteiger partial charge in [0.05, 0.1) is 25.5 Å². The lowest BCUT2D eigenvalue weighted by atomic mass is 10.2. The van der Waals surface area contributed by atoms with Crippen LogP contribution in [0, 0.1) is 6.92 Å². The van der Waals surface area contributed by atoms with Crippen molar-refractivity contribution < 1.29 is 9.84 Å². The highest BCUT2D eigenvalue weighted by atomic mass is 32.1. The summed E-state index contributed by atoms with van der Waals surface area (Å²) in [5.41, 5.74) is 2.27. The third kappa shape index (κ3) is 4.36. The molecule has 120 valence electrons. The standard InChI is InChI=1S/C17H24N2O2S/c1-13-16(14(2)19(3)9-11-21-12-10-20)22-17(18-13)15-7-5-4-6-8-15/h4-8,14,20H,9-12H2,1-3H3. The third-order valence-corrected chi connectivity index (χ3v) is 5.09. The molecule has 0 radical (unpaired) electrons. The molecule has 0 spiro atoms. The van der Waals surface area contributed by atoms with E-state index >= 15 is 0 Å². The van der Waals surface area contributed by atoms with Crippen LogP contribution in [-0.2, 0) is 4.74 Å². The zero-order chi connectivity index (χ0) is 15.9. The molecule has 1 aromatic heterocycles. The number of ether oxygens (including phenoxy) is 1. The van der Waals surface area contributed by atoms with Crippen molar-refractivity contribution in [2.75, 3.05) is 33.4 Å². The van der Waals surface area contributed by atoms with Gasteiger partial charge in [-0.3, -0.25) is 4.90 Å². The molecule has 2 rings (SSSR count). The van der Waals surface area contributed by atoms with Crippen LogP contribution in [0.1, 0.15) is 23.5 Å². The topological polar surface area (TPSA) is 45.6 Å². The molecule has 4 nitrogen and oxygen atoms in total. The van der Waals surface area contributed by atoms with Gasteiger partial charge in [-0.15, -0.1) is 11.3 Å². The highest BCUT2D eigenvalue weighted by Crippen LogP contribution is 2.33. The summed E-state index contributed by atoms with van der Waals surface area (Å²) in [6.45, 7) is 6.21. The van der Waals surface area contributed by atoms with Gasteiger partial charge in [0, 0.05) is 23.0 Å². The van der Waals surface area contributed by atoms with Crippen LogP contribution in [0.5, 0.6) is 0 Å². The number of aryl methyl sites for hydroxylation is 1. The Morgan fingerprint density at radius 3 is 2.68 bits per heavy atom. The van der Waals surface area contributed by atoms with Gasteiger partial charge in [-0.05, 0) is 20.9 Å². The van der Waals surface area contributed by atoms with Gasteiger partial charge >= 0.3 is 0 Å². The predicted molar refractivity (Wildman–Crippen MR) is 91.2 cm³/mol. The zero-order valence-corrected chi connectivity index (χ0v) is 14.3. The van der Waals surface area contributed by atoms with E-state index in [1.165, 1.54) is 10.4 Å². The second-order valence-electron chi connectivity index (χ2n) is 5.33. The van der Waals surface area contributed by atoms with Gasteiger partial charge in [0.15, 0.2) is 0 Å². The Morgan fingerprint density at radius 1 is 1.27 bits per heavy atom. The Labute approximate surface area is 136 Å². The Morgan fingerprint density at radius 2 is 2.00 bits per heavy atom. The molecule has 0 bridgehead atoms. The molecule has 0 saturated carbocycles. The van der Waals surface area contributed by atoms with Crippen LogP contribution in [-0.4, -0.2) is 48.4 Å². The van der Waals surface area contributed by atoms with Crippen LogP contribution in [0.4, 0.5) is 0 Å². The average Bonchev–Trinajstić information content (AvgIpc) is 2.93. The fourth-order valence-corrected chi connectivity index (χ4v) is 3.46. The molecule has 0 saturated heterocycles. The van der Waals surface area contributed by atoms with Crippen molar-refractivity contribution in [3.63, 3.8) is 0 Å². The SMILES string of the molecule is Cc1nc(-c2ccccc2)sc1C(C)N(C)CCOCCO. The van der Waals surface area contributed by atoms with Gasteiger partial charge in [0.25, 0.3) is 0 Å². The molecule has 22 heavy (non-hydrogen) atoms. The molecule has 0 amide bonds. The van der Waals surface area contributed by atoms with Crippen LogP contribution in [0.15, 0.2) is 30.3 Å². The summed E-state index contributed by atoms with van der Waals surface area (Å²) in [6.07, 6.45) is 0. The third-order valence-electron chi connectivity index (χ3n) is 3.72. The lowest BCUT2D eigenvalue weighted by molar-refractivity contribution is 0.0721. The smallest absolute Gasteiger partial charge is 0.123 e. The van der Waals surface area contributed by atoms with E-state index in [-0.39, 0.29) is 6.61 Å². The molecule has 1 heterocycles. The van der Waals surface area contributed by atoms with Gasteiger partial charge in [0.1, 0.15) is 5.01 Å². The van der Waals surface area contributed by atoms with E-state index in [2.05, 4.69) is 37.9 Å². The van der Waals surface area contributed by atoms with Crippen molar-refractivity contribution in [3.05, 3.63) is 40.9 Å². The number of nitrogens with zero attached hydrogens (tertiary/aromatic N) is 2. The summed E-state index contributed by atoms with van der Waals surface area (Å²) >= 11 is 1.76. The second-order valence-corrected chi connectivity index (χ2v) is 6.36. The van der Waals surface area contributed by atoms with Gasteiger partial charge in [-0.1, -0.05) is 30.3 Å². The van der Waals surface area contributed by atoms with Crippen molar-refractivity contribution in [3.8, 4) is 10.6 Å². The number of benzene rings is 1. The first-order chi connectivity index (χ1) is 10.6. The summed E-state index contributed by atoms with van der Waals surface area (Å²) in [6, 6.07) is 10.6. The monoisotopic (exact) mass is 320 g/mol. The number of hydrogen-bond donors (Lipinski definition) is 1. The quantitative estimate of drug-likeness (QED) is 0.759. The molecule has 0 aliphatic carbocycles. The van der Waals surface area contributed by atoms with E-state index in [1.54, 1.807) is 11.3 Å². The summed E-state index contributed by atoms with van der Waals surface area (Å²) in [5, 5.41) is 9.79. The maximum Gasteiger partial charge on any atom is 0.123 e. The van der Waals surface area contributed by atoms with Crippen LogP contribution in [0.25, 0.3) is 10.6 Å². The second kappa shape index (κ2) is 8.39. The molecule has 1 aromatic carbocycles. The first kappa shape index (κ1) is 17.1. The lowest BCUT2D eigenvalue weighted by Crippen LogP contribution is -2.26. The van der Waals surface area contributed by atoms with Gasteiger partial charge < -0.3 is 9.84 Å². The van der Waals surface area contributed by atoms with Crippen molar-refractivity contribution in [1.82, 2.24) is 9.88 Å². The van der Waals surface area contributed by atoms with E-state index in [0.29, 0.717) is 19.3 Å². The van der Waals surface area contributed by atoms with Crippen molar-refractivity contribution in [2.45, 2.75) is 19.9 Å². The van der Waals surface area contributed by atoms with E-state index in [0.717, 1.165) is 17.2 Å². The number of hydrogen-bond acceptors (Lipinski definition) is 5. The molecule has 2 aromatic rings. The van der Waals surface area contributed by atoms with Gasteiger partial charge in [-0.25, -0.2) is 4.98 Å². The molecule has 1 atom stereocenters. The minimum atomic E-state index is 0.0770. The molecule has 5 heteroatoms. The number of likely N-dealkylation sites (N-methyl/N-ethyl adjacent to an activating group) is 1. The van der Waals surface area contributed by atoms with E-state index in [4.69, 9.17) is 14.8 Å². The minimum Gasteiger partial charge on any atom is -0.394 e. The minimum absolute atomic E-state index is 0.0770. The molecule has 0 fully saturated rings. The average molecular weight is 320 g/mol. The highest BCUT2D eigenvalue weighted by molar-refractivity contribution is 7.15. The summed E-state index contributed by atoms with van der Waals surface area (Å²) in [7, 11) is 2.09. The lowest BCUT2D eigenvalue weighted by Gasteiger charge is -2.23. The van der Waals surface area contributed by atoms with E-state index < -0.39 is 0 Å². The highest BCUT2D eigenvalue weighted by Gasteiger charge is 2.18. The normalized spacial score (nSPS) is 12.8. The molecular weight excluding hydrogens is 296 g/mol. The summed E-state index contributed by atoms with van der Waals surface area (Å²) in [4.78, 5) is 8.27. The number of aromatic nitrogens is 1. The Kier molecular flexibility index (Phi) is 6.51.